The molecule has 0 N–H and O–H groups in total. The van der Waals surface area contributed by atoms with E-state index in [-0.39, 0.29) is 18.2 Å². The Bertz CT molecular complexity index is 1360. The second-order valence-electron chi connectivity index (χ2n) is 14.6. The summed E-state index contributed by atoms with van der Waals surface area (Å²) in [6.07, 6.45) is -1.81. The number of rotatable bonds is 8. The molecule has 2 aliphatic rings. The third-order valence-electron chi connectivity index (χ3n) is 8.46. The number of amides is 1. The van der Waals surface area contributed by atoms with E-state index in [2.05, 4.69) is 69.3 Å². The van der Waals surface area contributed by atoms with E-state index in [1.807, 2.05) is 77.1 Å². The summed E-state index contributed by atoms with van der Waals surface area (Å²) < 4.78 is 33.1. The first-order valence-corrected chi connectivity index (χ1v) is 17.9. The van der Waals surface area contributed by atoms with Crippen LogP contribution >= 0.6 is 0 Å². The number of likely N-dealkylation sites (tertiary alicyclic amines) is 1. The van der Waals surface area contributed by atoms with Crippen molar-refractivity contribution in [3.8, 4) is 0 Å². The topological polar surface area (TPSA) is 66.5 Å². The average molecular weight is 632 g/mol. The molecule has 0 unspecified atom stereocenters. The molecule has 2 heterocycles. The van der Waals surface area contributed by atoms with E-state index in [0.717, 1.165) is 15.9 Å². The van der Waals surface area contributed by atoms with E-state index in [1.54, 1.807) is 4.90 Å². The standard InChI is InChI=1S/C37H49NO6Si/c1-35(2,3)43-34(39)38-24-31(33-32(41-37(7,8)42-33)30(38)26-40-25-27-18-12-9-13-19-27)44-45(36(4,5)6,28-20-14-10-15-21-28)29-22-16-11-17-23-29/h9-23,30-33H,24-26H2,1-8H3/t30-,31+,32+,33-/m0/s1. The van der Waals surface area contributed by atoms with Crippen LogP contribution in [0.2, 0.25) is 5.04 Å². The molecule has 0 saturated carbocycles. The number of hydrogen-bond donors (Lipinski definition) is 0. The molecule has 4 atom stereocenters. The molecule has 0 aliphatic carbocycles. The maximum absolute atomic E-state index is 14.0. The minimum atomic E-state index is -2.99. The molecular weight excluding hydrogens is 582 g/mol. The number of ether oxygens (including phenoxy) is 4. The van der Waals surface area contributed by atoms with Gasteiger partial charge in [-0.2, -0.15) is 0 Å². The van der Waals surface area contributed by atoms with Crippen LogP contribution in [0.25, 0.3) is 0 Å². The van der Waals surface area contributed by atoms with Gasteiger partial charge in [0.15, 0.2) is 5.79 Å². The van der Waals surface area contributed by atoms with Crippen molar-refractivity contribution in [2.75, 3.05) is 13.2 Å². The number of carbonyl (C=O) groups excluding carboxylic acids is 1. The van der Waals surface area contributed by atoms with Crippen LogP contribution in [0.1, 0.15) is 61.0 Å². The predicted molar refractivity (Wildman–Crippen MR) is 179 cm³/mol. The summed E-state index contributed by atoms with van der Waals surface area (Å²) in [6, 6.07) is 30.6. The van der Waals surface area contributed by atoms with Gasteiger partial charge in [0.2, 0.25) is 0 Å². The summed E-state index contributed by atoms with van der Waals surface area (Å²) in [6.45, 7) is 17.2. The molecule has 0 radical (unpaired) electrons. The van der Waals surface area contributed by atoms with Crippen LogP contribution < -0.4 is 10.4 Å². The fraction of sp³-hybridized carbons (Fsp3) is 0.486. The monoisotopic (exact) mass is 631 g/mol. The lowest BCUT2D eigenvalue weighted by Gasteiger charge is -2.50. The number of nitrogens with zero attached hydrogens (tertiary/aromatic N) is 1. The molecule has 0 bridgehead atoms. The molecule has 8 heteroatoms. The lowest BCUT2D eigenvalue weighted by Crippen LogP contribution is -2.72. The first kappa shape index (κ1) is 33.4. The molecular formula is C37H49NO6Si. The summed E-state index contributed by atoms with van der Waals surface area (Å²) >= 11 is 0. The van der Waals surface area contributed by atoms with Crippen molar-refractivity contribution >= 4 is 24.8 Å². The van der Waals surface area contributed by atoms with Gasteiger partial charge in [-0.25, -0.2) is 4.79 Å². The van der Waals surface area contributed by atoms with Crippen molar-refractivity contribution < 1.29 is 28.2 Å². The quantitative estimate of drug-likeness (QED) is 0.273. The van der Waals surface area contributed by atoms with Crippen molar-refractivity contribution in [1.29, 1.82) is 0 Å². The Kier molecular flexibility index (Phi) is 9.64. The minimum absolute atomic E-state index is 0.257. The van der Waals surface area contributed by atoms with Crippen LogP contribution in [-0.2, 0) is 30.0 Å². The van der Waals surface area contributed by atoms with Crippen LogP contribution in [0.5, 0.6) is 0 Å². The van der Waals surface area contributed by atoms with Gasteiger partial charge in [-0.15, -0.1) is 0 Å². The Morgan fingerprint density at radius 2 is 1.33 bits per heavy atom. The van der Waals surface area contributed by atoms with Gasteiger partial charge in [0, 0.05) is 0 Å². The van der Waals surface area contributed by atoms with Crippen LogP contribution in [0, 0.1) is 0 Å². The molecule has 3 aromatic carbocycles. The number of fused-ring (bicyclic) bond motifs is 1. The first-order chi connectivity index (χ1) is 21.2. The van der Waals surface area contributed by atoms with E-state index in [0.29, 0.717) is 6.61 Å². The molecule has 3 aromatic rings. The zero-order valence-corrected chi connectivity index (χ0v) is 29.0. The molecule has 0 aromatic heterocycles. The van der Waals surface area contributed by atoms with Gasteiger partial charge in [0.1, 0.15) is 17.8 Å². The predicted octanol–water partition coefficient (Wildman–Crippen LogP) is 6.29. The van der Waals surface area contributed by atoms with E-state index in [1.165, 1.54) is 0 Å². The second kappa shape index (κ2) is 13.0. The zero-order valence-electron chi connectivity index (χ0n) is 28.0. The highest BCUT2D eigenvalue weighted by molar-refractivity contribution is 6.99. The molecule has 45 heavy (non-hydrogen) atoms. The van der Waals surface area contributed by atoms with Gasteiger partial charge in [0.05, 0.1) is 31.9 Å². The van der Waals surface area contributed by atoms with Gasteiger partial charge < -0.3 is 23.4 Å². The van der Waals surface area contributed by atoms with Gasteiger partial charge in [-0.3, -0.25) is 4.90 Å². The largest absolute Gasteiger partial charge is 0.444 e. The normalized spacial score (nSPS) is 23.4. The molecule has 2 saturated heterocycles. The fourth-order valence-electron chi connectivity index (χ4n) is 6.62. The SMILES string of the molecule is CC(C)(C)OC(=O)N1C[C@@H](O[Si](c2ccccc2)(c2ccccc2)C(C)(C)C)[C@@H]2OC(C)(C)O[C@@H]2[C@@H]1COCc1ccccc1. The number of piperidine rings is 1. The molecule has 5 rings (SSSR count). The maximum Gasteiger partial charge on any atom is 0.410 e. The van der Waals surface area contributed by atoms with Crippen molar-refractivity contribution in [3.05, 3.63) is 96.6 Å². The van der Waals surface area contributed by atoms with Crippen LogP contribution in [0.3, 0.4) is 0 Å². The van der Waals surface area contributed by atoms with E-state index in [9.17, 15) is 4.79 Å². The molecule has 2 fully saturated rings. The molecule has 2 aliphatic heterocycles. The van der Waals surface area contributed by atoms with E-state index >= 15 is 0 Å². The van der Waals surface area contributed by atoms with Crippen molar-refractivity contribution in [2.24, 2.45) is 0 Å². The first-order valence-electron chi connectivity index (χ1n) is 16.0. The molecule has 242 valence electrons. The van der Waals surface area contributed by atoms with Gasteiger partial charge in [-0.1, -0.05) is 112 Å². The fourth-order valence-corrected chi connectivity index (χ4v) is 11.3. The summed E-state index contributed by atoms with van der Waals surface area (Å²) in [4.78, 5) is 15.7. The number of benzene rings is 3. The third-order valence-corrected chi connectivity index (χ3v) is 13.5. The Hall–Kier alpha value is -3.01. The van der Waals surface area contributed by atoms with E-state index in [4.69, 9.17) is 23.4 Å². The lowest BCUT2D eigenvalue weighted by molar-refractivity contribution is -0.153. The van der Waals surface area contributed by atoms with Crippen LogP contribution in [-0.4, -0.2) is 68.2 Å². The Balaban J connectivity index is 1.56. The van der Waals surface area contributed by atoms with E-state index < -0.39 is 50.2 Å². The number of carbonyl (C=O) groups is 1. The van der Waals surface area contributed by atoms with Crippen molar-refractivity contribution in [3.63, 3.8) is 0 Å². The zero-order chi connectivity index (χ0) is 32.5. The molecule has 7 nitrogen and oxygen atoms in total. The highest BCUT2D eigenvalue weighted by atomic mass is 28.4. The summed E-state index contributed by atoms with van der Waals surface area (Å²) in [5.41, 5.74) is 0.384. The number of hydrogen-bond acceptors (Lipinski definition) is 6. The van der Waals surface area contributed by atoms with Gasteiger partial charge in [-0.05, 0) is 55.6 Å². The van der Waals surface area contributed by atoms with Crippen LogP contribution in [0.4, 0.5) is 4.79 Å². The Morgan fingerprint density at radius 3 is 1.84 bits per heavy atom. The third kappa shape index (κ3) is 7.36. The Morgan fingerprint density at radius 1 is 0.822 bits per heavy atom. The molecule has 0 spiro atoms. The van der Waals surface area contributed by atoms with Crippen LogP contribution in [0.15, 0.2) is 91.0 Å². The lowest BCUT2D eigenvalue weighted by atomic mass is 9.94. The smallest absolute Gasteiger partial charge is 0.410 e. The highest BCUT2D eigenvalue weighted by Gasteiger charge is 2.59. The maximum atomic E-state index is 14.0. The van der Waals surface area contributed by atoms with Gasteiger partial charge >= 0.3 is 6.09 Å². The Labute approximate surface area is 269 Å². The molecule has 1 amide bonds. The van der Waals surface area contributed by atoms with Gasteiger partial charge in [0.25, 0.3) is 8.32 Å². The average Bonchev–Trinajstić information content (AvgIpc) is 3.31. The summed E-state index contributed by atoms with van der Waals surface area (Å²) in [5.74, 6) is -0.871. The highest BCUT2D eigenvalue weighted by Crippen LogP contribution is 2.43. The summed E-state index contributed by atoms with van der Waals surface area (Å²) in [5, 5.41) is 2.07. The second-order valence-corrected chi connectivity index (χ2v) is 18.8. The van der Waals surface area contributed by atoms with Crippen molar-refractivity contribution in [1.82, 2.24) is 4.90 Å². The minimum Gasteiger partial charge on any atom is -0.444 e. The van der Waals surface area contributed by atoms with Crippen molar-refractivity contribution in [2.45, 2.75) is 103 Å². The summed E-state index contributed by atoms with van der Waals surface area (Å²) in [7, 11) is -2.99.